The molecule has 2 heteroatoms. The normalized spacial score (nSPS) is 41.6. The molecule has 17 heavy (non-hydrogen) atoms. The van der Waals surface area contributed by atoms with E-state index < -0.39 is 5.79 Å². The molecule has 4 unspecified atom stereocenters. The highest BCUT2D eigenvalue weighted by Gasteiger charge is 2.51. The largest absolute Gasteiger partial charge is 0.344 e. The Morgan fingerprint density at radius 3 is 2.76 bits per heavy atom. The minimum Gasteiger partial charge on any atom is -0.344 e. The van der Waals surface area contributed by atoms with Crippen LogP contribution in [0.25, 0.3) is 0 Å². The van der Waals surface area contributed by atoms with E-state index in [1.54, 1.807) is 6.08 Å². The van der Waals surface area contributed by atoms with E-state index >= 15 is 0 Å². The Balaban J connectivity index is 1.91. The molecule has 0 aromatic carbocycles. The number of hydrogen-bond acceptors (Lipinski definition) is 2. The van der Waals surface area contributed by atoms with Crippen molar-refractivity contribution in [2.24, 2.45) is 11.8 Å². The maximum Gasteiger partial charge on any atom is 0.163 e. The molecular weight excluding hydrogens is 212 g/mol. The fourth-order valence-electron chi connectivity index (χ4n) is 2.99. The van der Waals surface area contributed by atoms with Crippen LogP contribution in [0, 0.1) is 11.8 Å². The van der Waals surface area contributed by atoms with Crippen molar-refractivity contribution in [2.75, 3.05) is 0 Å². The van der Waals surface area contributed by atoms with Gasteiger partial charge in [0.05, 0.1) is 12.2 Å². The van der Waals surface area contributed by atoms with Gasteiger partial charge in [-0.15, -0.1) is 0 Å². The average molecular weight is 230 g/mol. The molecule has 1 aliphatic heterocycles. The van der Waals surface area contributed by atoms with Crippen molar-refractivity contribution in [3.63, 3.8) is 0 Å². The summed E-state index contributed by atoms with van der Waals surface area (Å²) in [5, 5.41) is 0. The summed E-state index contributed by atoms with van der Waals surface area (Å²) in [6.07, 6.45) is 13.0. The molecule has 3 aliphatic carbocycles. The molecule has 1 fully saturated rings. The molecule has 2 bridgehead atoms. The maximum absolute atomic E-state index is 6.02. The van der Waals surface area contributed by atoms with Crippen LogP contribution in [0.4, 0.5) is 0 Å². The minimum atomic E-state index is -0.455. The first-order chi connectivity index (χ1) is 8.11. The Bertz CT molecular complexity index is 428. The van der Waals surface area contributed by atoms with Crippen molar-refractivity contribution in [2.45, 2.75) is 31.8 Å². The first kappa shape index (κ1) is 11.0. The molecule has 4 atom stereocenters. The van der Waals surface area contributed by atoms with Crippen molar-refractivity contribution < 1.29 is 9.47 Å². The first-order valence-corrected chi connectivity index (χ1v) is 6.15. The summed E-state index contributed by atoms with van der Waals surface area (Å²) in [5.74, 6) is 0.211. The van der Waals surface area contributed by atoms with Gasteiger partial charge in [-0.3, -0.25) is 0 Å². The van der Waals surface area contributed by atoms with Gasteiger partial charge < -0.3 is 9.47 Å². The number of rotatable bonds is 2. The molecule has 0 saturated carbocycles. The van der Waals surface area contributed by atoms with Crippen molar-refractivity contribution >= 4 is 0 Å². The lowest BCUT2D eigenvalue weighted by Crippen LogP contribution is -2.42. The van der Waals surface area contributed by atoms with Crippen LogP contribution in [0.3, 0.4) is 0 Å². The summed E-state index contributed by atoms with van der Waals surface area (Å²) in [4.78, 5) is 0. The zero-order valence-corrected chi connectivity index (χ0v) is 10.3. The van der Waals surface area contributed by atoms with Crippen LogP contribution in [0.2, 0.25) is 0 Å². The van der Waals surface area contributed by atoms with E-state index in [1.807, 2.05) is 19.9 Å². The molecule has 90 valence electrons. The highest BCUT2D eigenvalue weighted by atomic mass is 16.8. The second-order valence-corrected chi connectivity index (χ2v) is 5.31. The summed E-state index contributed by atoms with van der Waals surface area (Å²) in [7, 11) is 0. The standard InChI is InChI=1S/C15H18O2/c1-4-5-6-10-9-11-7-8-12(10)14-13(11)16-15(2,3)17-14/h4-9,11-14H,1H2,2-3H3/b6-5-. The fourth-order valence-corrected chi connectivity index (χ4v) is 2.99. The molecule has 0 amide bonds. The molecular formula is C15H18O2. The molecule has 0 aromatic heterocycles. The van der Waals surface area contributed by atoms with Crippen molar-refractivity contribution in [3.8, 4) is 0 Å². The lowest BCUT2D eigenvalue weighted by molar-refractivity contribution is -0.148. The zero-order valence-electron chi connectivity index (χ0n) is 10.3. The predicted octanol–water partition coefficient (Wildman–Crippen LogP) is 2.99. The van der Waals surface area contributed by atoms with Gasteiger partial charge in [-0.05, 0) is 19.4 Å². The third-order valence-corrected chi connectivity index (χ3v) is 3.63. The molecule has 2 nitrogen and oxygen atoms in total. The van der Waals surface area contributed by atoms with Gasteiger partial charge in [-0.2, -0.15) is 0 Å². The Morgan fingerprint density at radius 2 is 2.00 bits per heavy atom. The summed E-state index contributed by atoms with van der Waals surface area (Å²) >= 11 is 0. The lowest BCUT2D eigenvalue weighted by Gasteiger charge is -2.37. The van der Waals surface area contributed by atoms with Crippen molar-refractivity contribution in [1.82, 2.24) is 0 Å². The van der Waals surface area contributed by atoms with E-state index in [9.17, 15) is 0 Å². The topological polar surface area (TPSA) is 18.5 Å². The van der Waals surface area contributed by atoms with Gasteiger partial charge in [0.2, 0.25) is 0 Å². The highest BCUT2D eigenvalue weighted by Crippen LogP contribution is 2.46. The average Bonchev–Trinajstić information content (AvgIpc) is 2.63. The van der Waals surface area contributed by atoms with Crippen LogP contribution in [-0.2, 0) is 9.47 Å². The number of hydrogen-bond donors (Lipinski definition) is 0. The van der Waals surface area contributed by atoms with Gasteiger partial charge >= 0.3 is 0 Å². The zero-order chi connectivity index (χ0) is 12.0. The van der Waals surface area contributed by atoms with Gasteiger partial charge in [0.1, 0.15) is 0 Å². The van der Waals surface area contributed by atoms with Crippen molar-refractivity contribution in [3.05, 3.63) is 48.6 Å². The fraction of sp³-hybridized carbons (Fsp3) is 0.467. The number of allylic oxidation sites excluding steroid dienone is 3. The summed E-state index contributed by atoms with van der Waals surface area (Å²) in [6, 6.07) is 0. The molecule has 0 spiro atoms. The van der Waals surface area contributed by atoms with Gasteiger partial charge in [0, 0.05) is 11.8 Å². The van der Waals surface area contributed by atoms with Crippen LogP contribution in [0.15, 0.2) is 48.6 Å². The summed E-state index contributed by atoms with van der Waals surface area (Å²) in [5.41, 5.74) is 1.32. The Hall–Kier alpha value is -1.12. The minimum absolute atomic E-state index is 0.162. The molecule has 1 heterocycles. The van der Waals surface area contributed by atoms with E-state index in [1.165, 1.54) is 5.57 Å². The third-order valence-electron chi connectivity index (χ3n) is 3.63. The van der Waals surface area contributed by atoms with Crippen molar-refractivity contribution in [1.29, 1.82) is 0 Å². The van der Waals surface area contributed by atoms with Crippen LogP contribution < -0.4 is 0 Å². The summed E-state index contributed by atoms with van der Waals surface area (Å²) in [6.45, 7) is 7.69. The molecule has 0 aromatic rings. The quantitative estimate of drug-likeness (QED) is 0.536. The third kappa shape index (κ3) is 1.72. The van der Waals surface area contributed by atoms with Gasteiger partial charge in [0.25, 0.3) is 0 Å². The van der Waals surface area contributed by atoms with Gasteiger partial charge in [-0.25, -0.2) is 0 Å². The molecule has 4 aliphatic rings. The van der Waals surface area contributed by atoms with E-state index in [4.69, 9.17) is 9.47 Å². The second kappa shape index (κ2) is 3.69. The molecule has 4 rings (SSSR count). The Kier molecular flexibility index (Phi) is 2.39. The molecule has 1 saturated heterocycles. The predicted molar refractivity (Wildman–Crippen MR) is 67.4 cm³/mol. The molecule has 0 radical (unpaired) electrons. The van der Waals surface area contributed by atoms with E-state index in [0.717, 1.165) is 0 Å². The van der Waals surface area contributed by atoms with E-state index in [-0.39, 0.29) is 12.2 Å². The molecule has 0 N–H and O–H groups in total. The van der Waals surface area contributed by atoms with Crippen LogP contribution in [-0.4, -0.2) is 18.0 Å². The number of ether oxygens (including phenoxy) is 2. The van der Waals surface area contributed by atoms with Crippen LogP contribution in [0.1, 0.15) is 13.8 Å². The smallest absolute Gasteiger partial charge is 0.163 e. The monoisotopic (exact) mass is 230 g/mol. The van der Waals surface area contributed by atoms with Gasteiger partial charge in [-0.1, -0.05) is 43.0 Å². The lowest BCUT2D eigenvalue weighted by atomic mass is 9.73. The highest BCUT2D eigenvalue weighted by molar-refractivity contribution is 5.39. The Morgan fingerprint density at radius 1 is 1.24 bits per heavy atom. The Labute approximate surface area is 102 Å². The van der Waals surface area contributed by atoms with E-state index in [2.05, 4.69) is 30.9 Å². The van der Waals surface area contributed by atoms with Crippen LogP contribution in [0.5, 0.6) is 0 Å². The SMILES string of the molecule is C=C/C=C\C1=CC2C=CC1C1OC(C)(C)OC21. The maximum atomic E-state index is 6.02. The first-order valence-electron chi connectivity index (χ1n) is 6.15. The van der Waals surface area contributed by atoms with Gasteiger partial charge in [0.15, 0.2) is 5.79 Å². The van der Waals surface area contributed by atoms with E-state index in [0.29, 0.717) is 11.8 Å². The summed E-state index contributed by atoms with van der Waals surface area (Å²) < 4.78 is 12.0. The second-order valence-electron chi connectivity index (χ2n) is 5.31. The van der Waals surface area contributed by atoms with Crippen LogP contribution >= 0.6 is 0 Å².